The molecular weight excluding hydrogens is 651 g/mol. The number of aliphatic hydroxyl groups is 2. The average molecular weight is 740 g/mol. The van der Waals surface area contributed by atoms with Crippen LogP contribution in [0.2, 0.25) is 0 Å². The minimum absolute atomic E-state index is 0.0664. The molecule has 0 aromatic heterocycles. The van der Waals surface area contributed by atoms with Crippen LogP contribution in [-0.4, -0.2) is 34.9 Å². The van der Waals surface area contributed by atoms with Gasteiger partial charge in [0, 0.05) is 6.42 Å². The predicted octanol–water partition coefficient (Wildman–Crippen LogP) is 14.5. The first-order chi connectivity index (χ1) is 26.2. The van der Waals surface area contributed by atoms with Gasteiger partial charge in [-0.2, -0.15) is 0 Å². The highest BCUT2D eigenvalue weighted by Crippen LogP contribution is 2.15. The Labute approximate surface area is 330 Å². The number of carbonyl (C=O) groups is 1. The van der Waals surface area contributed by atoms with Crippen LogP contribution in [-0.2, 0) is 4.79 Å². The third-order valence-corrected chi connectivity index (χ3v) is 10.3. The second kappa shape index (κ2) is 44.5. The maximum atomic E-state index is 12.4. The maximum absolute atomic E-state index is 12.4. The number of unbranched alkanes of at least 4 members (excludes halogenated alkanes) is 26. The van der Waals surface area contributed by atoms with Crippen molar-refractivity contribution in [2.45, 2.75) is 238 Å². The van der Waals surface area contributed by atoms with E-state index >= 15 is 0 Å². The van der Waals surface area contributed by atoms with Crippen molar-refractivity contribution in [2.75, 3.05) is 6.61 Å². The van der Waals surface area contributed by atoms with Crippen LogP contribution in [0.5, 0.6) is 0 Å². The van der Waals surface area contributed by atoms with Gasteiger partial charge in [0.25, 0.3) is 0 Å². The van der Waals surface area contributed by atoms with Crippen molar-refractivity contribution in [1.82, 2.24) is 5.32 Å². The molecule has 0 aromatic carbocycles. The molecule has 0 rings (SSSR count). The van der Waals surface area contributed by atoms with Crippen molar-refractivity contribution in [3.05, 3.63) is 60.8 Å². The zero-order valence-corrected chi connectivity index (χ0v) is 35.3. The molecule has 0 saturated heterocycles. The molecule has 0 saturated carbocycles. The normalized spacial score (nSPS) is 13.5. The third-order valence-electron chi connectivity index (χ3n) is 10.3. The van der Waals surface area contributed by atoms with Crippen molar-refractivity contribution in [1.29, 1.82) is 0 Å². The molecular formula is C49H89NO3. The molecule has 0 aromatic rings. The van der Waals surface area contributed by atoms with E-state index in [4.69, 9.17) is 0 Å². The number of amides is 1. The van der Waals surface area contributed by atoms with Crippen LogP contribution in [0.15, 0.2) is 60.8 Å². The fraction of sp³-hybridized carbons (Fsp3) is 0.776. The Bertz CT molecular complexity index is 888. The standard InChI is InChI=1S/C49H89NO3/c1-3-5-7-9-11-13-15-17-19-20-21-22-23-24-25-26-27-28-29-30-31-33-35-37-39-41-43-45-49(53)50-47(46-51)48(52)44-42-40-38-36-34-32-18-16-14-12-10-8-6-4-2/h5,7,11,13,17,19,21-22,42,44,47-48,51-52H,3-4,6,8-10,12,14-16,18,20,23-41,43,45-46H2,1-2H3,(H,50,53)/b7-5-,13-11-,19-17-,22-21-,44-42+. The van der Waals surface area contributed by atoms with Gasteiger partial charge in [-0.15, -0.1) is 0 Å². The minimum atomic E-state index is -0.840. The molecule has 4 nitrogen and oxygen atoms in total. The molecule has 0 bridgehead atoms. The Balaban J connectivity index is 3.53. The molecule has 53 heavy (non-hydrogen) atoms. The number of hydrogen-bond donors (Lipinski definition) is 3. The molecule has 0 radical (unpaired) electrons. The molecule has 0 spiro atoms. The molecule has 308 valence electrons. The van der Waals surface area contributed by atoms with E-state index in [2.05, 4.69) is 67.8 Å². The lowest BCUT2D eigenvalue weighted by molar-refractivity contribution is -0.123. The summed E-state index contributed by atoms with van der Waals surface area (Å²) >= 11 is 0. The highest BCUT2D eigenvalue weighted by molar-refractivity contribution is 5.76. The summed E-state index contributed by atoms with van der Waals surface area (Å²) in [6.07, 6.45) is 61.9. The minimum Gasteiger partial charge on any atom is -0.394 e. The largest absolute Gasteiger partial charge is 0.394 e. The number of hydrogen-bond acceptors (Lipinski definition) is 3. The highest BCUT2D eigenvalue weighted by atomic mass is 16.3. The molecule has 2 unspecified atom stereocenters. The zero-order chi connectivity index (χ0) is 38.6. The van der Waals surface area contributed by atoms with E-state index < -0.39 is 12.1 Å². The van der Waals surface area contributed by atoms with E-state index in [-0.39, 0.29) is 12.5 Å². The van der Waals surface area contributed by atoms with E-state index in [1.807, 2.05) is 6.08 Å². The first-order valence-corrected chi connectivity index (χ1v) is 23.0. The van der Waals surface area contributed by atoms with Crippen LogP contribution < -0.4 is 5.32 Å². The first-order valence-electron chi connectivity index (χ1n) is 23.0. The Morgan fingerprint density at radius 3 is 1.25 bits per heavy atom. The topological polar surface area (TPSA) is 69.6 Å². The van der Waals surface area contributed by atoms with Crippen molar-refractivity contribution in [2.24, 2.45) is 0 Å². The van der Waals surface area contributed by atoms with E-state index in [0.717, 1.165) is 51.4 Å². The van der Waals surface area contributed by atoms with Gasteiger partial charge in [-0.1, -0.05) is 222 Å². The summed E-state index contributed by atoms with van der Waals surface area (Å²) in [4.78, 5) is 12.4. The number of aliphatic hydroxyl groups excluding tert-OH is 2. The van der Waals surface area contributed by atoms with Crippen LogP contribution in [0.4, 0.5) is 0 Å². The monoisotopic (exact) mass is 740 g/mol. The Kier molecular flexibility index (Phi) is 42.9. The van der Waals surface area contributed by atoms with Gasteiger partial charge in [-0.05, 0) is 57.8 Å². The summed E-state index contributed by atoms with van der Waals surface area (Å²) in [6.45, 7) is 4.19. The smallest absolute Gasteiger partial charge is 0.220 e. The first kappa shape index (κ1) is 51.1. The molecule has 0 aliphatic carbocycles. The summed E-state index contributed by atoms with van der Waals surface area (Å²) in [6, 6.07) is -0.623. The number of allylic oxidation sites excluding steroid dienone is 9. The SMILES string of the molecule is CC/C=C\C/C=C\C/C=C\C/C=C\CCCCCCCCCCCCCCCCC(=O)NC(CO)C(O)/C=C/CCCCCCCCCCCCCC. The molecule has 0 fully saturated rings. The summed E-state index contributed by atoms with van der Waals surface area (Å²) in [5, 5.41) is 23.0. The van der Waals surface area contributed by atoms with E-state index in [9.17, 15) is 15.0 Å². The fourth-order valence-corrected chi connectivity index (χ4v) is 6.76. The van der Waals surface area contributed by atoms with Crippen molar-refractivity contribution < 1.29 is 15.0 Å². The number of nitrogens with one attached hydrogen (secondary N) is 1. The molecule has 0 heterocycles. The quantitative estimate of drug-likeness (QED) is 0.0432. The third kappa shape index (κ3) is 41.1. The van der Waals surface area contributed by atoms with Crippen LogP contribution in [0.25, 0.3) is 0 Å². The van der Waals surface area contributed by atoms with Crippen LogP contribution in [0.3, 0.4) is 0 Å². The summed E-state index contributed by atoms with van der Waals surface area (Å²) in [7, 11) is 0. The van der Waals surface area contributed by atoms with E-state index in [0.29, 0.717) is 6.42 Å². The molecule has 2 atom stereocenters. The zero-order valence-electron chi connectivity index (χ0n) is 35.3. The average Bonchev–Trinajstić information content (AvgIpc) is 3.16. The Hall–Kier alpha value is -1.91. The van der Waals surface area contributed by atoms with Crippen LogP contribution in [0, 0.1) is 0 Å². The summed E-state index contributed by atoms with van der Waals surface area (Å²) < 4.78 is 0. The fourth-order valence-electron chi connectivity index (χ4n) is 6.76. The van der Waals surface area contributed by atoms with Gasteiger partial charge in [-0.3, -0.25) is 4.79 Å². The van der Waals surface area contributed by atoms with Gasteiger partial charge in [0.1, 0.15) is 0 Å². The highest BCUT2D eigenvalue weighted by Gasteiger charge is 2.17. The van der Waals surface area contributed by atoms with Gasteiger partial charge in [-0.25, -0.2) is 0 Å². The maximum Gasteiger partial charge on any atom is 0.220 e. The summed E-state index contributed by atoms with van der Waals surface area (Å²) in [5.41, 5.74) is 0. The van der Waals surface area contributed by atoms with E-state index in [1.54, 1.807) is 6.08 Å². The van der Waals surface area contributed by atoms with E-state index in [1.165, 1.54) is 154 Å². The number of rotatable bonds is 41. The molecule has 1 amide bonds. The van der Waals surface area contributed by atoms with Gasteiger partial charge >= 0.3 is 0 Å². The summed E-state index contributed by atoms with van der Waals surface area (Å²) in [5.74, 6) is -0.0664. The van der Waals surface area contributed by atoms with Crippen molar-refractivity contribution in [3.8, 4) is 0 Å². The molecule has 0 aliphatic heterocycles. The van der Waals surface area contributed by atoms with Crippen LogP contribution >= 0.6 is 0 Å². The van der Waals surface area contributed by atoms with Gasteiger partial charge in [0.15, 0.2) is 0 Å². The molecule has 4 heteroatoms. The van der Waals surface area contributed by atoms with Gasteiger partial charge in [0.05, 0.1) is 18.8 Å². The van der Waals surface area contributed by atoms with Gasteiger partial charge in [0.2, 0.25) is 5.91 Å². The second-order valence-corrected chi connectivity index (χ2v) is 15.4. The van der Waals surface area contributed by atoms with Crippen molar-refractivity contribution in [3.63, 3.8) is 0 Å². The predicted molar refractivity (Wildman–Crippen MR) is 234 cm³/mol. The lowest BCUT2D eigenvalue weighted by Crippen LogP contribution is -2.45. The van der Waals surface area contributed by atoms with Crippen LogP contribution in [0.1, 0.15) is 226 Å². The van der Waals surface area contributed by atoms with Gasteiger partial charge < -0.3 is 15.5 Å². The number of carbonyl (C=O) groups excluding carboxylic acids is 1. The molecule has 3 N–H and O–H groups in total. The Morgan fingerprint density at radius 1 is 0.472 bits per heavy atom. The Morgan fingerprint density at radius 2 is 0.830 bits per heavy atom. The lowest BCUT2D eigenvalue weighted by atomic mass is 10.0. The molecule has 0 aliphatic rings. The lowest BCUT2D eigenvalue weighted by Gasteiger charge is -2.20. The van der Waals surface area contributed by atoms with Crippen molar-refractivity contribution >= 4 is 5.91 Å². The second-order valence-electron chi connectivity index (χ2n) is 15.4.